The summed E-state index contributed by atoms with van der Waals surface area (Å²) in [7, 11) is -3.41. The van der Waals surface area contributed by atoms with Crippen molar-refractivity contribution in [3.05, 3.63) is 29.3 Å². The lowest BCUT2D eigenvalue weighted by molar-refractivity contribution is 0.333. The first-order valence-corrected chi connectivity index (χ1v) is 9.23. The van der Waals surface area contributed by atoms with Gasteiger partial charge in [0.25, 0.3) is 0 Å². The van der Waals surface area contributed by atoms with E-state index in [4.69, 9.17) is 0 Å². The highest BCUT2D eigenvalue weighted by Crippen LogP contribution is 2.22. The van der Waals surface area contributed by atoms with Crippen LogP contribution in [-0.2, 0) is 10.0 Å². The number of rotatable bonds is 5. The summed E-state index contributed by atoms with van der Waals surface area (Å²) in [6.45, 7) is 6.90. The fraction of sp³-hybridized carbons (Fsp3) is 0.625. The minimum atomic E-state index is -3.41. The smallest absolute Gasteiger partial charge is 0.241 e. The molecule has 1 saturated carbocycles. The normalized spacial score (nSPS) is 23.2. The van der Waals surface area contributed by atoms with Gasteiger partial charge in [-0.3, -0.25) is 0 Å². The second kappa shape index (κ2) is 6.90. The van der Waals surface area contributed by atoms with Gasteiger partial charge in [0.05, 0.1) is 4.90 Å². The molecule has 0 aliphatic heterocycles. The minimum absolute atomic E-state index is 0.0607. The van der Waals surface area contributed by atoms with Crippen molar-refractivity contribution in [3.8, 4) is 0 Å². The van der Waals surface area contributed by atoms with Crippen LogP contribution in [0, 0.1) is 13.8 Å². The van der Waals surface area contributed by atoms with E-state index in [1.807, 2.05) is 26.0 Å². The van der Waals surface area contributed by atoms with E-state index in [-0.39, 0.29) is 6.04 Å². The van der Waals surface area contributed by atoms with Gasteiger partial charge in [0.1, 0.15) is 0 Å². The van der Waals surface area contributed by atoms with Crippen LogP contribution >= 0.6 is 0 Å². The van der Waals surface area contributed by atoms with Crippen LogP contribution < -0.4 is 10.0 Å². The van der Waals surface area contributed by atoms with E-state index in [2.05, 4.69) is 17.0 Å². The molecule has 21 heavy (non-hydrogen) atoms. The molecule has 1 aliphatic carbocycles. The van der Waals surface area contributed by atoms with Crippen molar-refractivity contribution in [1.29, 1.82) is 0 Å². The monoisotopic (exact) mass is 310 g/mol. The molecule has 5 heteroatoms. The van der Waals surface area contributed by atoms with Crippen LogP contribution in [0.4, 0.5) is 0 Å². The molecule has 0 heterocycles. The molecule has 1 aliphatic rings. The number of nitrogens with one attached hydrogen (secondary N) is 2. The SMILES string of the molecule is CCNC1CCC(NS(=O)(=O)c2ccc(C)cc2C)CC1. The highest BCUT2D eigenvalue weighted by Gasteiger charge is 2.26. The lowest BCUT2D eigenvalue weighted by Crippen LogP contribution is -2.42. The predicted molar refractivity (Wildman–Crippen MR) is 86.0 cm³/mol. The summed E-state index contributed by atoms with van der Waals surface area (Å²) >= 11 is 0. The third-order valence-corrected chi connectivity index (χ3v) is 5.84. The number of aryl methyl sites for hydroxylation is 2. The molecule has 1 aromatic rings. The molecular formula is C16H26N2O2S. The van der Waals surface area contributed by atoms with E-state index < -0.39 is 10.0 Å². The second-order valence-corrected chi connectivity index (χ2v) is 7.68. The molecule has 4 nitrogen and oxygen atoms in total. The zero-order valence-corrected chi connectivity index (χ0v) is 14.0. The lowest BCUT2D eigenvalue weighted by atomic mass is 9.92. The third kappa shape index (κ3) is 4.28. The Labute approximate surface area is 128 Å². The summed E-state index contributed by atoms with van der Waals surface area (Å²) in [6, 6.07) is 6.07. The van der Waals surface area contributed by atoms with E-state index in [0.717, 1.165) is 43.4 Å². The van der Waals surface area contributed by atoms with Crippen molar-refractivity contribution < 1.29 is 8.42 Å². The highest BCUT2D eigenvalue weighted by molar-refractivity contribution is 7.89. The van der Waals surface area contributed by atoms with Crippen molar-refractivity contribution in [2.45, 2.75) is 63.4 Å². The van der Waals surface area contributed by atoms with Gasteiger partial charge < -0.3 is 5.32 Å². The number of benzene rings is 1. The van der Waals surface area contributed by atoms with Crippen LogP contribution in [0.1, 0.15) is 43.7 Å². The van der Waals surface area contributed by atoms with Gasteiger partial charge in [0.15, 0.2) is 0 Å². The van der Waals surface area contributed by atoms with Crippen molar-refractivity contribution in [2.24, 2.45) is 0 Å². The van der Waals surface area contributed by atoms with E-state index in [0.29, 0.717) is 10.9 Å². The Morgan fingerprint density at radius 1 is 1.10 bits per heavy atom. The molecule has 0 spiro atoms. The molecule has 0 saturated heterocycles. The van der Waals surface area contributed by atoms with Crippen LogP contribution in [0.15, 0.2) is 23.1 Å². The van der Waals surface area contributed by atoms with Gasteiger partial charge in [0, 0.05) is 12.1 Å². The van der Waals surface area contributed by atoms with Gasteiger partial charge in [0.2, 0.25) is 10.0 Å². The molecule has 2 rings (SSSR count). The maximum atomic E-state index is 12.5. The van der Waals surface area contributed by atoms with E-state index in [1.54, 1.807) is 6.07 Å². The Balaban J connectivity index is 2.02. The number of hydrogen-bond donors (Lipinski definition) is 2. The summed E-state index contributed by atoms with van der Waals surface area (Å²) in [5.74, 6) is 0. The first-order valence-electron chi connectivity index (χ1n) is 7.75. The van der Waals surface area contributed by atoms with Gasteiger partial charge in [-0.05, 0) is 57.7 Å². The van der Waals surface area contributed by atoms with Crippen molar-refractivity contribution >= 4 is 10.0 Å². The molecule has 1 aromatic carbocycles. The Bertz CT molecular complexity index is 576. The standard InChI is InChI=1S/C16H26N2O2S/c1-4-17-14-6-8-15(9-7-14)18-21(19,20)16-10-5-12(2)11-13(16)3/h5,10-11,14-15,17-18H,4,6-9H2,1-3H3. The summed E-state index contributed by atoms with van der Waals surface area (Å²) < 4.78 is 27.9. The van der Waals surface area contributed by atoms with E-state index in [1.165, 1.54) is 0 Å². The third-order valence-electron chi connectivity index (χ3n) is 4.16. The van der Waals surface area contributed by atoms with Crippen LogP contribution in [0.25, 0.3) is 0 Å². The molecule has 0 radical (unpaired) electrons. The van der Waals surface area contributed by atoms with E-state index in [9.17, 15) is 8.42 Å². The van der Waals surface area contributed by atoms with E-state index >= 15 is 0 Å². The number of hydrogen-bond acceptors (Lipinski definition) is 3. The number of sulfonamides is 1. The highest BCUT2D eigenvalue weighted by atomic mass is 32.2. The van der Waals surface area contributed by atoms with Crippen LogP contribution in [0.3, 0.4) is 0 Å². The molecule has 118 valence electrons. The summed E-state index contributed by atoms with van der Waals surface area (Å²) in [5.41, 5.74) is 1.89. The molecule has 0 unspecified atom stereocenters. The minimum Gasteiger partial charge on any atom is -0.314 e. The molecule has 2 N–H and O–H groups in total. The largest absolute Gasteiger partial charge is 0.314 e. The van der Waals surface area contributed by atoms with Crippen molar-refractivity contribution in [3.63, 3.8) is 0 Å². The van der Waals surface area contributed by atoms with Crippen molar-refractivity contribution in [1.82, 2.24) is 10.0 Å². The average Bonchev–Trinajstić information content (AvgIpc) is 2.40. The summed E-state index contributed by atoms with van der Waals surface area (Å²) in [5, 5.41) is 3.44. The Morgan fingerprint density at radius 2 is 1.71 bits per heavy atom. The van der Waals surface area contributed by atoms with Gasteiger partial charge >= 0.3 is 0 Å². The van der Waals surface area contributed by atoms with Crippen LogP contribution in [0.5, 0.6) is 0 Å². The van der Waals surface area contributed by atoms with Gasteiger partial charge in [-0.15, -0.1) is 0 Å². The van der Waals surface area contributed by atoms with Crippen LogP contribution in [0.2, 0.25) is 0 Å². The Kier molecular flexibility index (Phi) is 5.41. The lowest BCUT2D eigenvalue weighted by Gasteiger charge is -2.29. The predicted octanol–water partition coefficient (Wildman–Crippen LogP) is 2.50. The zero-order chi connectivity index (χ0) is 15.5. The fourth-order valence-corrected chi connectivity index (χ4v) is 4.62. The molecule has 0 atom stereocenters. The van der Waals surface area contributed by atoms with Crippen LogP contribution in [-0.4, -0.2) is 27.0 Å². The topological polar surface area (TPSA) is 58.2 Å². The Hall–Kier alpha value is -0.910. The molecular weight excluding hydrogens is 284 g/mol. The van der Waals surface area contributed by atoms with Crippen molar-refractivity contribution in [2.75, 3.05) is 6.54 Å². The summed E-state index contributed by atoms with van der Waals surface area (Å²) in [6.07, 6.45) is 3.88. The Morgan fingerprint density at radius 3 is 2.29 bits per heavy atom. The second-order valence-electron chi connectivity index (χ2n) is 6.00. The average molecular weight is 310 g/mol. The quantitative estimate of drug-likeness (QED) is 0.878. The summed E-state index contributed by atoms with van der Waals surface area (Å²) in [4.78, 5) is 0.405. The first-order chi connectivity index (χ1) is 9.92. The first kappa shape index (κ1) is 16.5. The van der Waals surface area contributed by atoms with Gasteiger partial charge in [-0.25, -0.2) is 13.1 Å². The molecule has 1 fully saturated rings. The van der Waals surface area contributed by atoms with Gasteiger partial charge in [-0.2, -0.15) is 0 Å². The maximum absolute atomic E-state index is 12.5. The molecule has 0 amide bonds. The molecule has 0 bridgehead atoms. The zero-order valence-electron chi connectivity index (χ0n) is 13.1. The maximum Gasteiger partial charge on any atom is 0.241 e. The fourth-order valence-electron chi connectivity index (χ4n) is 3.09. The van der Waals surface area contributed by atoms with Gasteiger partial charge in [-0.1, -0.05) is 24.6 Å². The molecule has 0 aromatic heterocycles.